The Labute approximate surface area is 166 Å². The summed E-state index contributed by atoms with van der Waals surface area (Å²) in [5.41, 5.74) is 1.16. The molecule has 0 saturated heterocycles. The van der Waals surface area contributed by atoms with Gasteiger partial charge in [0.15, 0.2) is 11.1 Å². The largest absolute Gasteiger partial charge is 0.306 e. The number of thioether (sulfide) groups is 1. The summed E-state index contributed by atoms with van der Waals surface area (Å²) in [6, 6.07) is 7.95. The van der Waals surface area contributed by atoms with E-state index < -0.39 is 22.4 Å². The number of carbonyl (C=O) groups excluding carboxylic acids is 1. The van der Waals surface area contributed by atoms with Gasteiger partial charge in [0, 0.05) is 27.9 Å². The number of hydrogen-bond acceptors (Lipinski definition) is 6. The van der Waals surface area contributed by atoms with Gasteiger partial charge in [-0.3, -0.25) is 14.7 Å². The number of nitrogens with one attached hydrogen (secondary N) is 1. The van der Waals surface area contributed by atoms with Crippen LogP contribution in [0.3, 0.4) is 0 Å². The predicted molar refractivity (Wildman–Crippen MR) is 102 cm³/mol. The van der Waals surface area contributed by atoms with Crippen LogP contribution in [-0.2, 0) is 28.2 Å². The van der Waals surface area contributed by atoms with Crippen LogP contribution in [0.1, 0.15) is 19.0 Å². The Morgan fingerprint density at radius 1 is 1.42 bits per heavy atom. The summed E-state index contributed by atoms with van der Waals surface area (Å²) in [4.78, 5) is 12.9. The average molecular weight is 463 g/mol. The molecular weight excluding hydrogens is 444 g/mol. The van der Waals surface area contributed by atoms with Gasteiger partial charge in [0.1, 0.15) is 0 Å². The molecule has 1 aromatic heterocycles. The van der Waals surface area contributed by atoms with Crippen LogP contribution in [0.4, 0.5) is 0 Å². The summed E-state index contributed by atoms with van der Waals surface area (Å²) in [5.74, 6) is -0.331. The van der Waals surface area contributed by atoms with E-state index in [9.17, 15) is 9.00 Å². The maximum absolute atomic E-state index is 11.8. The Balaban J connectivity index is 1.93. The number of carbonyl (C=O) groups is 1. The van der Waals surface area contributed by atoms with Crippen LogP contribution in [0.25, 0.3) is 0 Å². The Bertz CT molecular complexity index is 771. The normalized spacial score (nSPS) is 14.6. The molecule has 8 nitrogen and oxygen atoms in total. The van der Waals surface area contributed by atoms with Crippen LogP contribution >= 0.6 is 27.7 Å². The fraction of sp³-hybridized carbons (Fsp3) is 0.400. The second-order valence-electron chi connectivity index (χ2n) is 5.93. The quantitative estimate of drug-likeness (QED) is 0.226. The highest BCUT2D eigenvalue weighted by atomic mass is 79.9. The monoisotopic (exact) mass is 462 g/mol. The minimum absolute atomic E-state index is 0.231. The summed E-state index contributed by atoms with van der Waals surface area (Å²) in [7, 11) is 0. The van der Waals surface area contributed by atoms with Gasteiger partial charge in [-0.05, 0) is 37.6 Å². The van der Waals surface area contributed by atoms with Gasteiger partial charge >= 0.3 is 0 Å². The van der Waals surface area contributed by atoms with Gasteiger partial charge in [-0.1, -0.05) is 21.1 Å². The summed E-state index contributed by atoms with van der Waals surface area (Å²) < 4.78 is 22.8. The van der Waals surface area contributed by atoms with E-state index >= 15 is 0 Å². The zero-order valence-electron chi connectivity index (χ0n) is 14.0. The van der Waals surface area contributed by atoms with Gasteiger partial charge in [0.05, 0.1) is 16.9 Å². The zero-order chi connectivity index (χ0) is 19.2. The molecule has 0 aliphatic rings. The van der Waals surface area contributed by atoms with Crippen molar-refractivity contribution in [2.75, 3.05) is 5.75 Å². The topological polar surface area (TPSA) is 117 Å². The lowest BCUT2D eigenvalue weighted by Crippen LogP contribution is -2.42. The minimum Gasteiger partial charge on any atom is -0.306 e. The number of hydroxylamine groups is 1. The first-order valence-corrected chi connectivity index (χ1v) is 10.7. The highest BCUT2D eigenvalue weighted by molar-refractivity contribution is 9.10. The van der Waals surface area contributed by atoms with Crippen molar-refractivity contribution in [3.8, 4) is 0 Å². The molecule has 0 aliphatic heterocycles. The number of hydrogen-bond donors (Lipinski definition) is 3. The summed E-state index contributed by atoms with van der Waals surface area (Å²) >= 11 is 2.86. The first-order valence-electron chi connectivity index (χ1n) is 7.62. The smallest absolute Gasteiger partial charge is 0.250 e. The Hall–Kier alpha value is -1.27. The molecule has 2 rings (SSSR count). The molecule has 2 unspecified atom stereocenters. The molecule has 0 aliphatic carbocycles. The molecule has 1 aromatic carbocycles. The van der Waals surface area contributed by atoms with E-state index in [0.717, 1.165) is 15.1 Å². The molecular formula is C15H19BrN4O4S2. The van der Waals surface area contributed by atoms with Crippen molar-refractivity contribution in [2.45, 2.75) is 30.5 Å². The molecule has 11 heteroatoms. The molecule has 1 heterocycles. The molecule has 142 valence electrons. The molecule has 26 heavy (non-hydrogen) atoms. The minimum atomic E-state index is -2.16. The second kappa shape index (κ2) is 9.60. The van der Waals surface area contributed by atoms with Crippen LogP contribution in [0, 0.1) is 5.41 Å². The lowest BCUT2D eigenvalue weighted by Gasteiger charge is -2.25. The standard InChI is InChI=1S/C15H19BrN4O4S2/c1-15(10-26(23)24,14(21)18-22)6-7-20-8-12(17-19-20)9-25-13-4-2-11(16)3-5-13/h2-5,8,22H,6-7,9-10H2,1H3,(H,18,21)(H,23,24). The highest BCUT2D eigenvalue weighted by Gasteiger charge is 2.35. The molecule has 2 atom stereocenters. The summed E-state index contributed by atoms with van der Waals surface area (Å²) in [5, 5.41) is 17.0. The molecule has 0 spiro atoms. The van der Waals surface area contributed by atoms with Crippen molar-refractivity contribution < 1.29 is 18.8 Å². The lowest BCUT2D eigenvalue weighted by atomic mass is 9.88. The average Bonchev–Trinajstić information content (AvgIpc) is 3.06. The van der Waals surface area contributed by atoms with Gasteiger partial charge in [0.2, 0.25) is 5.91 Å². The fourth-order valence-electron chi connectivity index (χ4n) is 2.22. The maximum atomic E-state index is 11.8. The number of nitrogens with zero attached hydrogens (tertiary/aromatic N) is 3. The van der Waals surface area contributed by atoms with Gasteiger partial charge in [0.25, 0.3) is 0 Å². The van der Waals surface area contributed by atoms with Crippen molar-refractivity contribution in [3.63, 3.8) is 0 Å². The number of aryl methyl sites for hydroxylation is 1. The number of rotatable bonds is 9. The third-order valence-corrected chi connectivity index (χ3v) is 6.23. The molecule has 0 saturated carbocycles. The molecule has 1 amide bonds. The highest BCUT2D eigenvalue weighted by Crippen LogP contribution is 2.25. The van der Waals surface area contributed by atoms with Gasteiger partial charge in [-0.2, -0.15) is 0 Å². The van der Waals surface area contributed by atoms with Crippen molar-refractivity contribution in [2.24, 2.45) is 5.41 Å². The van der Waals surface area contributed by atoms with E-state index in [1.165, 1.54) is 6.92 Å². The molecule has 3 N–H and O–H groups in total. The van der Waals surface area contributed by atoms with Gasteiger partial charge < -0.3 is 4.55 Å². The van der Waals surface area contributed by atoms with E-state index in [2.05, 4.69) is 26.2 Å². The summed E-state index contributed by atoms with van der Waals surface area (Å²) in [6.07, 6.45) is 2.01. The molecule has 0 bridgehead atoms. The predicted octanol–water partition coefficient (Wildman–Crippen LogP) is 2.46. The molecule has 2 aromatic rings. The van der Waals surface area contributed by atoms with E-state index in [1.807, 2.05) is 24.3 Å². The third-order valence-electron chi connectivity index (χ3n) is 3.77. The van der Waals surface area contributed by atoms with Crippen LogP contribution in [-0.4, -0.2) is 40.6 Å². The summed E-state index contributed by atoms with van der Waals surface area (Å²) in [6.45, 7) is 1.85. The SMILES string of the molecule is CC(CCn1cc(CSc2ccc(Br)cc2)nn1)(CS(=O)O)C(=O)NO. The number of aromatic nitrogens is 3. The Kier molecular flexibility index (Phi) is 7.77. The van der Waals surface area contributed by atoms with E-state index in [4.69, 9.17) is 9.76 Å². The van der Waals surface area contributed by atoms with E-state index in [-0.39, 0.29) is 12.2 Å². The zero-order valence-corrected chi connectivity index (χ0v) is 17.2. The molecule has 0 radical (unpaired) electrons. The Morgan fingerprint density at radius 2 is 2.12 bits per heavy atom. The fourth-order valence-corrected chi connectivity index (χ4v) is 4.08. The van der Waals surface area contributed by atoms with Crippen molar-refractivity contribution >= 4 is 44.7 Å². The first kappa shape index (κ1) is 21.0. The second-order valence-corrected chi connectivity index (χ2v) is 8.83. The van der Waals surface area contributed by atoms with Crippen molar-refractivity contribution in [3.05, 3.63) is 40.6 Å². The van der Waals surface area contributed by atoms with Gasteiger partial charge in [-0.25, -0.2) is 9.69 Å². The maximum Gasteiger partial charge on any atom is 0.250 e. The van der Waals surface area contributed by atoms with E-state index in [0.29, 0.717) is 12.3 Å². The first-order chi connectivity index (χ1) is 12.3. The number of amides is 1. The number of benzene rings is 1. The molecule has 0 fully saturated rings. The lowest BCUT2D eigenvalue weighted by molar-refractivity contribution is -0.138. The van der Waals surface area contributed by atoms with Crippen LogP contribution < -0.4 is 5.48 Å². The van der Waals surface area contributed by atoms with Crippen LogP contribution in [0.2, 0.25) is 0 Å². The number of halogens is 1. The van der Waals surface area contributed by atoms with Crippen molar-refractivity contribution in [1.82, 2.24) is 20.5 Å². The van der Waals surface area contributed by atoms with Gasteiger partial charge in [-0.15, -0.1) is 16.9 Å². The van der Waals surface area contributed by atoms with Crippen LogP contribution in [0.15, 0.2) is 39.8 Å². The van der Waals surface area contributed by atoms with Crippen LogP contribution in [0.5, 0.6) is 0 Å². The van der Waals surface area contributed by atoms with E-state index in [1.54, 1.807) is 28.1 Å². The van der Waals surface area contributed by atoms with Crippen molar-refractivity contribution in [1.29, 1.82) is 0 Å². The Morgan fingerprint density at radius 3 is 2.73 bits per heavy atom. The third kappa shape index (κ3) is 6.16.